The van der Waals surface area contributed by atoms with Gasteiger partial charge in [-0.2, -0.15) is 0 Å². The molecule has 1 aromatic carbocycles. The van der Waals surface area contributed by atoms with Gasteiger partial charge in [0.05, 0.1) is 0 Å². The first-order valence-electron chi connectivity index (χ1n) is 3.75. The van der Waals surface area contributed by atoms with Crippen molar-refractivity contribution < 1.29 is 9.59 Å². The molecule has 13 heavy (non-hydrogen) atoms. The highest BCUT2D eigenvalue weighted by atomic mass is 16.1. The maximum Gasteiger partial charge on any atom is 0.241 e. The second-order valence-corrected chi connectivity index (χ2v) is 2.52. The number of hydrogen-bond donors (Lipinski definition) is 1. The van der Waals surface area contributed by atoms with E-state index in [2.05, 4.69) is 0 Å². The number of amides is 1. The lowest BCUT2D eigenvalue weighted by atomic mass is 10.1. The molecule has 0 saturated heterocycles. The Morgan fingerprint density at radius 1 is 1.15 bits per heavy atom. The summed E-state index contributed by atoms with van der Waals surface area (Å²) in [4.78, 5) is 20.7. The van der Waals surface area contributed by atoms with E-state index in [1.807, 2.05) is 0 Å². The number of carbonyl (C=O) groups is 2. The summed E-state index contributed by atoms with van der Waals surface area (Å²) in [6.45, 7) is 0. The van der Waals surface area contributed by atoms with Gasteiger partial charge in [-0.3, -0.25) is 9.59 Å². The van der Waals surface area contributed by atoms with Crippen molar-refractivity contribution in [1.82, 2.24) is 0 Å². The van der Waals surface area contributed by atoms with Crippen LogP contribution in [0.4, 0.5) is 0 Å². The van der Waals surface area contributed by atoms with Crippen LogP contribution in [0.15, 0.2) is 30.3 Å². The maximum atomic E-state index is 10.4. The third-order valence-corrected chi connectivity index (χ3v) is 1.51. The lowest BCUT2D eigenvalue weighted by molar-refractivity contribution is -0.113. The highest BCUT2D eigenvalue weighted by molar-refractivity contribution is 5.90. The molecule has 0 fully saturated rings. The van der Waals surface area contributed by atoms with E-state index in [4.69, 9.17) is 5.73 Å². The predicted molar refractivity (Wildman–Crippen MR) is 50.1 cm³/mol. The first-order chi connectivity index (χ1) is 6.22. The van der Waals surface area contributed by atoms with Crippen LogP contribution in [-0.2, 0) is 4.79 Å². The fourth-order valence-corrected chi connectivity index (χ4v) is 0.864. The average Bonchev–Trinajstić information content (AvgIpc) is 2.15. The summed E-state index contributed by atoms with van der Waals surface area (Å²) in [6.07, 6.45) is 3.63. The lowest BCUT2D eigenvalue weighted by Gasteiger charge is -1.92. The van der Waals surface area contributed by atoms with Crippen LogP contribution in [0.3, 0.4) is 0 Å². The largest absolute Gasteiger partial charge is 0.366 e. The zero-order valence-electron chi connectivity index (χ0n) is 6.94. The van der Waals surface area contributed by atoms with Gasteiger partial charge >= 0.3 is 0 Å². The lowest BCUT2D eigenvalue weighted by Crippen LogP contribution is -2.05. The van der Waals surface area contributed by atoms with Crippen LogP contribution in [0.25, 0.3) is 6.08 Å². The fraction of sp³-hybridized carbons (Fsp3) is 0. The van der Waals surface area contributed by atoms with Gasteiger partial charge in [-0.05, 0) is 11.6 Å². The molecule has 3 nitrogen and oxygen atoms in total. The molecule has 0 bridgehead atoms. The molecule has 2 N–H and O–H groups in total. The Labute approximate surface area is 75.9 Å². The molecule has 0 atom stereocenters. The van der Waals surface area contributed by atoms with Gasteiger partial charge in [-0.1, -0.05) is 24.3 Å². The van der Waals surface area contributed by atoms with Gasteiger partial charge < -0.3 is 5.73 Å². The first-order valence-corrected chi connectivity index (χ1v) is 3.75. The van der Waals surface area contributed by atoms with Crippen molar-refractivity contribution in [1.29, 1.82) is 0 Å². The van der Waals surface area contributed by atoms with Crippen LogP contribution in [0.2, 0.25) is 0 Å². The van der Waals surface area contributed by atoms with Crippen molar-refractivity contribution in [3.8, 4) is 0 Å². The molecule has 0 heterocycles. The van der Waals surface area contributed by atoms with E-state index >= 15 is 0 Å². The van der Waals surface area contributed by atoms with Crippen molar-refractivity contribution in [3.63, 3.8) is 0 Å². The summed E-state index contributed by atoms with van der Waals surface area (Å²) in [7, 11) is 0. The number of aldehydes is 1. The van der Waals surface area contributed by atoms with E-state index < -0.39 is 5.91 Å². The summed E-state index contributed by atoms with van der Waals surface area (Å²) < 4.78 is 0. The Bertz CT molecular complexity index is 338. The molecule has 0 saturated carbocycles. The third-order valence-electron chi connectivity index (χ3n) is 1.51. The monoisotopic (exact) mass is 175 g/mol. The molecule has 0 aliphatic carbocycles. The van der Waals surface area contributed by atoms with Crippen LogP contribution in [0.5, 0.6) is 0 Å². The topological polar surface area (TPSA) is 60.2 Å². The number of benzene rings is 1. The number of rotatable bonds is 3. The molecule has 66 valence electrons. The van der Waals surface area contributed by atoms with Crippen LogP contribution in [0.1, 0.15) is 15.9 Å². The Morgan fingerprint density at radius 2 is 1.69 bits per heavy atom. The quantitative estimate of drug-likeness (QED) is 0.550. The summed E-state index contributed by atoms with van der Waals surface area (Å²) in [5.74, 6) is -0.487. The van der Waals surface area contributed by atoms with Crippen LogP contribution in [-0.4, -0.2) is 12.2 Å². The molecule has 0 unspecified atom stereocenters. The van der Waals surface area contributed by atoms with Gasteiger partial charge in [0.1, 0.15) is 6.29 Å². The average molecular weight is 175 g/mol. The molecule has 0 aliphatic rings. The molecule has 3 heteroatoms. The van der Waals surface area contributed by atoms with E-state index in [1.165, 1.54) is 6.08 Å². The van der Waals surface area contributed by atoms with E-state index in [1.54, 1.807) is 30.3 Å². The third kappa shape index (κ3) is 2.91. The smallest absolute Gasteiger partial charge is 0.241 e. The van der Waals surface area contributed by atoms with Gasteiger partial charge in [0.2, 0.25) is 5.91 Å². The standard InChI is InChI=1S/C10H9NO2/c11-10(13)6-5-8-1-3-9(7-12)4-2-8/h1-7H,(H2,11,13). The van der Waals surface area contributed by atoms with Gasteiger partial charge in [0, 0.05) is 11.6 Å². The Balaban J connectivity index is 2.80. The van der Waals surface area contributed by atoms with Gasteiger partial charge in [-0.25, -0.2) is 0 Å². The summed E-state index contributed by atoms with van der Waals surface area (Å²) in [6, 6.07) is 6.83. The summed E-state index contributed by atoms with van der Waals surface area (Å²) >= 11 is 0. The van der Waals surface area contributed by atoms with Crippen molar-refractivity contribution in [2.75, 3.05) is 0 Å². The summed E-state index contributed by atoms with van der Waals surface area (Å²) in [5, 5.41) is 0. The minimum Gasteiger partial charge on any atom is -0.366 e. The molecule has 1 aromatic rings. The number of hydrogen-bond acceptors (Lipinski definition) is 2. The number of nitrogens with two attached hydrogens (primary N) is 1. The van der Waals surface area contributed by atoms with Crippen molar-refractivity contribution in [2.24, 2.45) is 5.73 Å². The van der Waals surface area contributed by atoms with Gasteiger partial charge in [0.25, 0.3) is 0 Å². The highest BCUT2D eigenvalue weighted by Crippen LogP contribution is 2.03. The minimum absolute atomic E-state index is 0.487. The zero-order valence-corrected chi connectivity index (χ0v) is 6.94. The predicted octanol–water partition coefficient (Wildman–Crippen LogP) is 0.998. The molecule has 0 spiro atoms. The number of primary amides is 1. The maximum absolute atomic E-state index is 10.4. The minimum atomic E-state index is -0.487. The van der Waals surface area contributed by atoms with E-state index in [0.29, 0.717) is 5.56 Å². The molecule has 0 aliphatic heterocycles. The molecule has 0 aromatic heterocycles. The Morgan fingerprint density at radius 3 is 2.15 bits per heavy atom. The second kappa shape index (κ2) is 4.21. The highest BCUT2D eigenvalue weighted by Gasteiger charge is 1.89. The molecule has 0 radical (unpaired) electrons. The van der Waals surface area contributed by atoms with Crippen molar-refractivity contribution >= 4 is 18.3 Å². The van der Waals surface area contributed by atoms with E-state index in [-0.39, 0.29) is 0 Å². The van der Waals surface area contributed by atoms with Gasteiger partial charge in [-0.15, -0.1) is 0 Å². The fourth-order valence-electron chi connectivity index (χ4n) is 0.864. The zero-order chi connectivity index (χ0) is 9.68. The summed E-state index contributed by atoms with van der Waals surface area (Å²) in [5.41, 5.74) is 6.36. The van der Waals surface area contributed by atoms with Crippen LogP contribution < -0.4 is 5.73 Å². The number of carbonyl (C=O) groups excluding carboxylic acids is 2. The van der Waals surface area contributed by atoms with Crippen LogP contribution >= 0.6 is 0 Å². The molecule has 1 amide bonds. The second-order valence-electron chi connectivity index (χ2n) is 2.52. The SMILES string of the molecule is NC(=O)C=Cc1ccc(C=O)cc1. The molecular weight excluding hydrogens is 166 g/mol. The Kier molecular flexibility index (Phi) is 2.97. The van der Waals surface area contributed by atoms with Crippen molar-refractivity contribution in [2.45, 2.75) is 0 Å². The molecule has 1 rings (SSSR count). The van der Waals surface area contributed by atoms with Crippen LogP contribution in [0, 0.1) is 0 Å². The van der Waals surface area contributed by atoms with E-state index in [9.17, 15) is 9.59 Å². The first kappa shape index (κ1) is 9.19. The normalized spacial score (nSPS) is 10.2. The van der Waals surface area contributed by atoms with E-state index in [0.717, 1.165) is 11.8 Å². The van der Waals surface area contributed by atoms with Gasteiger partial charge in [0.15, 0.2) is 0 Å². The Hall–Kier alpha value is -1.90. The van der Waals surface area contributed by atoms with Crippen molar-refractivity contribution in [3.05, 3.63) is 41.5 Å². The molecular formula is C10H9NO2.